The number of benzene rings is 2. The Balaban J connectivity index is 2.33. The van der Waals surface area contributed by atoms with Crippen LogP contribution in [-0.2, 0) is 5.41 Å². The normalized spacial score (nSPS) is 13.0. The first-order valence-corrected chi connectivity index (χ1v) is 7.83. The third kappa shape index (κ3) is 3.86. The molecule has 0 amide bonds. The Morgan fingerprint density at radius 2 is 1.76 bits per heavy atom. The second-order valence-corrected chi connectivity index (χ2v) is 7.06. The molecule has 0 unspecified atom stereocenters. The smallest absolute Gasteiger partial charge is 0.131 e. The maximum Gasteiger partial charge on any atom is 0.131 e. The zero-order valence-electron chi connectivity index (χ0n) is 12.9. The maximum atomic E-state index is 9.67. The van der Waals surface area contributed by atoms with E-state index in [4.69, 9.17) is 4.74 Å². The molecule has 1 atom stereocenters. The number of ether oxygens (including phenoxy) is 1. The molecule has 2 aromatic rings. The average Bonchev–Trinajstić information content (AvgIpc) is 2.37. The van der Waals surface area contributed by atoms with Gasteiger partial charge in [-0.2, -0.15) is 0 Å². The summed E-state index contributed by atoms with van der Waals surface area (Å²) in [5.41, 5.74) is 2.04. The van der Waals surface area contributed by atoms with Crippen LogP contribution in [0.4, 0.5) is 0 Å². The molecule has 0 radical (unpaired) electrons. The van der Waals surface area contributed by atoms with Gasteiger partial charge in [0.05, 0.1) is 6.10 Å². The standard InChI is InChI=1S/C18H21BrO2/c1-12(20)14-10-9-13(11-16(14)19)21-17-8-6-5-7-15(17)18(2,3)4/h5-12,20H,1-4H3/t12-/m0/s1. The molecule has 0 heterocycles. The van der Waals surface area contributed by atoms with Gasteiger partial charge in [-0.15, -0.1) is 0 Å². The molecule has 2 rings (SSSR count). The van der Waals surface area contributed by atoms with Crippen LogP contribution in [0.15, 0.2) is 46.9 Å². The minimum absolute atomic E-state index is 0.0212. The molecular formula is C18H21BrO2. The molecule has 0 aromatic heterocycles. The van der Waals surface area contributed by atoms with Crippen LogP contribution in [0, 0.1) is 0 Å². The van der Waals surface area contributed by atoms with E-state index in [9.17, 15) is 5.11 Å². The molecule has 1 N–H and O–H groups in total. The van der Waals surface area contributed by atoms with E-state index < -0.39 is 6.10 Å². The van der Waals surface area contributed by atoms with Crippen LogP contribution >= 0.6 is 15.9 Å². The van der Waals surface area contributed by atoms with Gasteiger partial charge in [0.25, 0.3) is 0 Å². The molecule has 0 aliphatic heterocycles. The summed E-state index contributed by atoms with van der Waals surface area (Å²) in [6.45, 7) is 8.25. The summed E-state index contributed by atoms with van der Waals surface area (Å²) in [6.07, 6.45) is -0.504. The first-order chi connectivity index (χ1) is 9.79. The monoisotopic (exact) mass is 348 g/mol. The van der Waals surface area contributed by atoms with Crippen molar-refractivity contribution in [3.63, 3.8) is 0 Å². The van der Waals surface area contributed by atoms with E-state index >= 15 is 0 Å². The number of aliphatic hydroxyl groups excluding tert-OH is 1. The average molecular weight is 349 g/mol. The van der Waals surface area contributed by atoms with E-state index in [1.807, 2.05) is 36.4 Å². The Morgan fingerprint density at radius 1 is 1.10 bits per heavy atom. The second-order valence-electron chi connectivity index (χ2n) is 6.21. The van der Waals surface area contributed by atoms with Crippen molar-refractivity contribution in [2.75, 3.05) is 0 Å². The number of hydrogen-bond acceptors (Lipinski definition) is 2. The molecule has 3 heteroatoms. The Kier molecular flexibility index (Phi) is 4.74. The summed E-state index contributed by atoms with van der Waals surface area (Å²) in [5.74, 6) is 1.62. The highest BCUT2D eigenvalue weighted by molar-refractivity contribution is 9.10. The predicted octanol–water partition coefficient (Wildman–Crippen LogP) is 5.59. The number of hydrogen-bond donors (Lipinski definition) is 1. The molecule has 112 valence electrons. The zero-order chi connectivity index (χ0) is 15.6. The van der Waals surface area contributed by atoms with Crippen molar-refractivity contribution < 1.29 is 9.84 Å². The van der Waals surface area contributed by atoms with Crippen LogP contribution in [0.3, 0.4) is 0 Å². The fraction of sp³-hybridized carbons (Fsp3) is 0.333. The highest BCUT2D eigenvalue weighted by Gasteiger charge is 2.19. The van der Waals surface area contributed by atoms with Crippen molar-refractivity contribution in [3.8, 4) is 11.5 Å². The molecule has 0 bridgehead atoms. The molecule has 0 aliphatic carbocycles. The number of para-hydroxylation sites is 1. The summed E-state index contributed by atoms with van der Waals surface area (Å²) >= 11 is 3.48. The molecule has 0 spiro atoms. The van der Waals surface area contributed by atoms with Crippen molar-refractivity contribution in [2.45, 2.75) is 39.2 Å². The van der Waals surface area contributed by atoms with Crippen LogP contribution in [-0.4, -0.2) is 5.11 Å². The largest absolute Gasteiger partial charge is 0.457 e. The molecule has 2 aromatic carbocycles. The van der Waals surface area contributed by atoms with Gasteiger partial charge in [0.2, 0.25) is 0 Å². The minimum Gasteiger partial charge on any atom is -0.457 e. The topological polar surface area (TPSA) is 29.5 Å². The minimum atomic E-state index is -0.504. The van der Waals surface area contributed by atoms with Crippen molar-refractivity contribution in [1.29, 1.82) is 0 Å². The van der Waals surface area contributed by atoms with Crippen molar-refractivity contribution >= 4 is 15.9 Å². The third-order valence-electron chi connectivity index (χ3n) is 3.34. The van der Waals surface area contributed by atoms with E-state index in [2.05, 4.69) is 42.8 Å². The summed E-state index contributed by atoms with van der Waals surface area (Å²) in [4.78, 5) is 0. The Bertz CT molecular complexity index is 627. The summed E-state index contributed by atoms with van der Waals surface area (Å²) in [7, 11) is 0. The molecular weight excluding hydrogens is 328 g/mol. The van der Waals surface area contributed by atoms with Gasteiger partial charge in [-0.05, 0) is 36.1 Å². The van der Waals surface area contributed by atoms with Crippen LogP contribution < -0.4 is 4.74 Å². The predicted molar refractivity (Wildman–Crippen MR) is 90.0 cm³/mol. The SMILES string of the molecule is C[C@H](O)c1ccc(Oc2ccccc2C(C)(C)C)cc1Br. The number of rotatable bonds is 3. The molecule has 0 fully saturated rings. The van der Waals surface area contributed by atoms with Gasteiger partial charge in [-0.25, -0.2) is 0 Å². The third-order valence-corrected chi connectivity index (χ3v) is 4.03. The Morgan fingerprint density at radius 3 is 2.33 bits per heavy atom. The van der Waals surface area contributed by atoms with E-state index in [-0.39, 0.29) is 5.41 Å². The highest BCUT2D eigenvalue weighted by Crippen LogP contribution is 2.35. The maximum absolute atomic E-state index is 9.67. The van der Waals surface area contributed by atoms with Crippen LogP contribution in [0.1, 0.15) is 44.9 Å². The van der Waals surface area contributed by atoms with Crippen molar-refractivity contribution in [3.05, 3.63) is 58.1 Å². The quantitative estimate of drug-likeness (QED) is 0.782. The van der Waals surface area contributed by atoms with E-state index in [0.717, 1.165) is 21.5 Å². The second kappa shape index (κ2) is 6.20. The molecule has 2 nitrogen and oxygen atoms in total. The molecule has 0 saturated heterocycles. The van der Waals surface area contributed by atoms with Gasteiger partial charge < -0.3 is 9.84 Å². The summed E-state index contributed by atoms with van der Waals surface area (Å²) < 4.78 is 6.89. The lowest BCUT2D eigenvalue weighted by Crippen LogP contribution is -2.12. The van der Waals surface area contributed by atoms with Gasteiger partial charge in [0.15, 0.2) is 0 Å². The van der Waals surface area contributed by atoms with Gasteiger partial charge in [0, 0.05) is 10.0 Å². The lowest BCUT2D eigenvalue weighted by molar-refractivity contribution is 0.198. The van der Waals surface area contributed by atoms with E-state index in [1.54, 1.807) is 6.92 Å². The first-order valence-electron chi connectivity index (χ1n) is 7.04. The molecule has 0 saturated carbocycles. The summed E-state index contributed by atoms with van der Waals surface area (Å²) in [5, 5.41) is 9.67. The fourth-order valence-electron chi connectivity index (χ4n) is 2.21. The van der Waals surface area contributed by atoms with Gasteiger partial charge >= 0.3 is 0 Å². The van der Waals surface area contributed by atoms with Crippen LogP contribution in [0.25, 0.3) is 0 Å². The highest BCUT2D eigenvalue weighted by atomic mass is 79.9. The van der Waals surface area contributed by atoms with Gasteiger partial charge in [0.1, 0.15) is 11.5 Å². The number of halogens is 1. The van der Waals surface area contributed by atoms with Gasteiger partial charge in [-0.3, -0.25) is 0 Å². The van der Waals surface area contributed by atoms with Crippen molar-refractivity contribution in [1.82, 2.24) is 0 Å². The lowest BCUT2D eigenvalue weighted by atomic mass is 9.86. The molecule has 0 aliphatic rings. The van der Waals surface area contributed by atoms with E-state index in [0.29, 0.717) is 0 Å². The zero-order valence-corrected chi connectivity index (χ0v) is 14.4. The lowest BCUT2D eigenvalue weighted by Gasteiger charge is -2.22. The Labute approximate surface area is 134 Å². The van der Waals surface area contributed by atoms with Crippen LogP contribution in [0.5, 0.6) is 11.5 Å². The van der Waals surface area contributed by atoms with Crippen LogP contribution in [0.2, 0.25) is 0 Å². The first kappa shape index (κ1) is 16.1. The number of aliphatic hydroxyl groups is 1. The fourth-order valence-corrected chi connectivity index (χ4v) is 2.90. The van der Waals surface area contributed by atoms with Gasteiger partial charge in [-0.1, -0.05) is 61.0 Å². The van der Waals surface area contributed by atoms with E-state index in [1.165, 1.54) is 5.56 Å². The van der Waals surface area contributed by atoms with Crippen molar-refractivity contribution in [2.24, 2.45) is 0 Å². The Hall–Kier alpha value is -1.32. The molecule has 21 heavy (non-hydrogen) atoms. The summed E-state index contributed by atoms with van der Waals surface area (Å²) in [6, 6.07) is 13.7.